The van der Waals surface area contributed by atoms with Crippen LogP contribution in [0.3, 0.4) is 0 Å². The van der Waals surface area contributed by atoms with Gasteiger partial charge in [-0.05, 0) is 48.4 Å². The van der Waals surface area contributed by atoms with E-state index >= 15 is 0 Å². The molecule has 0 bridgehead atoms. The lowest BCUT2D eigenvalue weighted by Crippen LogP contribution is -2.37. The zero-order valence-electron chi connectivity index (χ0n) is 15.6. The number of ether oxygens (including phenoxy) is 2. The van der Waals surface area contributed by atoms with Gasteiger partial charge in [0.2, 0.25) is 0 Å². The second-order valence-corrected chi connectivity index (χ2v) is 6.02. The summed E-state index contributed by atoms with van der Waals surface area (Å²) in [5.41, 5.74) is 0.230. The first-order chi connectivity index (χ1) is 13.6. The number of carbonyl (C=O) groups is 2. The maximum atomic E-state index is 12.8. The molecule has 29 heavy (non-hydrogen) atoms. The molecule has 3 N–H and O–H groups in total. The van der Waals surface area contributed by atoms with Crippen LogP contribution in [0.4, 0.5) is 23.7 Å². The van der Waals surface area contributed by atoms with Crippen LogP contribution in [-0.2, 0) is 17.6 Å². The lowest BCUT2D eigenvalue weighted by Gasteiger charge is -2.13. The highest BCUT2D eigenvalue weighted by Gasteiger charge is 2.31. The van der Waals surface area contributed by atoms with Crippen LogP contribution in [0, 0.1) is 6.92 Å². The zero-order chi connectivity index (χ0) is 21.6. The summed E-state index contributed by atoms with van der Waals surface area (Å²) in [5.74, 6) is -0.729. The van der Waals surface area contributed by atoms with Gasteiger partial charge in [-0.1, -0.05) is 6.07 Å². The topological polar surface area (TPSA) is 96.9 Å². The molecule has 3 amide bonds. The number of hydrogen-bond donors (Lipinski definition) is 3. The van der Waals surface area contributed by atoms with Crippen LogP contribution in [0.15, 0.2) is 36.4 Å². The number of anilines is 1. The maximum Gasteiger partial charge on any atom is 0.416 e. The highest BCUT2D eigenvalue weighted by atomic mass is 19.4. The van der Waals surface area contributed by atoms with E-state index in [9.17, 15) is 22.8 Å². The molecular formula is C19H19F3N2O5. The van der Waals surface area contributed by atoms with Crippen molar-refractivity contribution in [3.63, 3.8) is 0 Å². The Morgan fingerprint density at radius 3 is 2.48 bits per heavy atom. The number of carbonyl (C=O) groups excluding carboxylic acids is 2. The van der Waals surface area contributed by atoms with Gasteiger partial charge in [0.1, 0.15) is 11.5 Å². The number of benzene rings is 2. The Hall–Kier alpha value is -3.27. The van der Waals surface area contributed by atoms with Crippen LogP contribution in [0.2, 0.25) is 0 Å². The Kier molecular flexibility index (Phi) is 7.05. The number of aryl methyl sites for hydroxylation is 1. The van der Waals surface area contributed by atoms with Gasteiger partial charge in [-0.15, -0.1) is 0 Å². The third kappa shape index (κ3) is 6.39. The number of hydrogen-bond acceptors (Lipinski definition) is 5. The Bertz CT molecular complexity index is 900. The van der Waals surface area contributed by atoms with E-state index in [2.05, 4.69) is 5.32 Å². The van der Waals surface area contributed by atoms with Crippen molar-refractivity contribution in [3.05, 3.63) is 53.1 Å². The van der Waals surface area contributed by atoms with Crippen molar-refractivity contribution in [1.29, 1.82) is 0 Å². The second-order valence-electron chi connectivity index (χ2n) is 6.02. The molecule has 156 valence electrons. The van der Waals surface area contributed by atoms with E-state index < -0.39 is 30.3 Å². The zero-order valence-corrected chi connectivity index (χ0v) is 15.6. The summed E-state index contributed by atoms with van der Waals surface area (Å²) in [6.07, 6.45) is -4.54. The molecule has 0 aliphatic heterocycles. The molecule has 0 spiro atoms. The molecule has 0 saturated heterocycles. The molecule has 0 saturated carbocycles. The summed E-state index contributed by atoms with van der Waals surface area (Å²) in [4.78, 5) is 23.8. The van der Waals surface area contributed by atoms with Gasteiger partial charge in [-0.2, -0.15) is 13.2 Å². The molecule has 2 aromatic carbocycles. The molecule has 7 nitrogen and oxygen atoms in total. The summed E-state index contributed by atoms with van der Waals surface area (Å²) < 4.78 is 48.6. The Morgan fingerprint density at radius 1 is 1.14 bits per heavy atom. The lowest BCUT2D eigenvalue weighted by molar-refractivity contribution is -0.137. The van der Waals surface area contributed by atoms with Crippen LogP contribution in [-0.4, -0.2) is 30.8 Å². The highest BCUT2D eigenvalue weighted by molar-refractivity contribution is 6.02. The number of alkyl halides is 3. The summed E-state index contributed by atoms with van der Waals surface area (Å²) >= 11 is 0. The molecule has 0 radical (unpaired) electrons. The normalized spacial score (nSPS) is 11.0. The van der Waals surface area contributed by atoms with E-state index in [-0.39, 0.29) is 23.8 Å². The van der Waals surface area contributed by atoms with E-state index in [1.54, 1.807) is 6.07 Å². The number of halogens is 3. The second kappa shape index (κ2) is 9.28. The first-order valence-electron chi connectivity index (χ1n) is 8.32. The van der Waals surface area contributed by atoms with Crippen molar-refractivity contribution >= 4 is 17.6 Å². The van der Waals surface area contributed by atoms with E-state index in [0.29, 0.717) is 11.1 Å². The van der Waals surface area contributed by atoms with Gasteiger partial charge >= 0.3 is 12.2 Å². The SMILES string of the molecule is COc1cc(CO)ccc1NC(=O)NC(=O)COc1cc(C)cc(C(F)(F)F)c1. The van der Waals surface area contributed by atoms with Gasteiger partial charge in [0, 0.05) is 0 Å². The Balaban J connectivity index is 1.95. The quantitative estimate of drug-likeness (QED) is 0.677. The molecule has 0 aliphatic carbocycles. The average Bonchev–Trinajstić information content (AvgIpc) is 2.65. The number of rotatable bonds is 6. The molecule has 0 heterocycles. The fourth-order valence-corrected chi connectivity index (χ4v) is 2.40. The van der Waals surface area contributed by atoms with Crippen molar-refractivity contribution < 1.29 is 37.3 Å². The molecule has 0 aliphatic rings. The fourth-order valence-electron chi connectivity index (χ4n) is 2.40. The number of urea groups is 1. The minimum Gasteiger partial charge on any atom is -0.495 e. The fraction of sp³-hybridized carbons (Fsp3) is 0.263. The van der Waals surface area contributed by atoms with Crippen LogP contribution >= 0.6 is 0 Å². The van der Waals surface area contributed by atoms with Crippen molar-refractivity contribution in [1.82, 2.24) is 5.32 Å². The summed E-state index contributed by atoms with van der Waals surface area (Å²) in [7, 11) is 1.37. The summed E-state index contributed by atoms with van der Waals surface area (Å²) in [6, 6.07) is 6.74. The summed E-state index contributed by atoms with van der Waals surface area (Å²) in [6.45, 7) is 0.591. The maximum absolute atomic E-state index is 12.8. The standard InChI is InChI=1S/C19H19F3N2O5/c1-11-5-13(19(20,21)22)8-14(6-11)29-10-17(26)24-18(27)23-15-4-3-12(9-25)7-16(15)28-2/h3-8,25H,9-10H2,1-2H3,(H2,23,24,26,27). The molecule has 0 aromatic heterocycles. The first kappa shape index (κ1) is 22.0. The number of amides is 3. The van der Waals surface area contributed by atoms with Crippen LogP contribution in [0.25, 0.3) is 0 Å². The molecule has 0 atom stereocenters. The smallest absolute Gasteiger partial charge is 0.416 e. The van der Waals surface area contributed by atoms with E-state index in [1.165, 1.54) is 32.2 Å². The predicted octanol–water partition coefficient (Wildman–Crippen LogP) is 3.24. The number of aliphatic hydroxyl groups is 1. The van der Waals surface area contributed by atoms with Crippen molar-refractivity contribution in [2.45, 2.75) is 19.7 Å². The van der Waals surface area contributed by atoms with Gasteiger partial charge in [0.25, 0.3) is 5.91 Å². The average molecular weight is 412 g/mol. The van der Waals surface area contributed by atoms with Crippen molar-refractivity contribution in [2.75, 3.05) is 19.0 Å². The van der Waals surface area contributed by atoms with Crippen LogP contribution in [0.1, 0.15) is 16.7 Å². The monoisotopic (exact) mass is 412 g/mol. The van der Waals surface area contributed by atoms with E-state index in [0.717, 1.165) is 12.1 Å². The molecule has 2 rings (SSSR count). The van der Waals surface area contributed by atoms with Gasteiger partial charge in [-0.25, -0.2) is 4.79 Å². The first-order valence-corrected chi connectivity index (χ1v) is 8.32. The molecule has 10 heteroatoms. The predicted molar refractivity (Wildman–Crippen MR) is 97.8 cm³/mol. The lowest BCUT2D eigenvalue weighted by atomic mass is 10.1. The highest BCUT2D eigenvalue weighted by Crippen LogP contribution is 2.32. The largest absolute Gasteiger partial charge is 0.495 e. The minimum atomic E-state index is -4.54. The third-order valence-corrected chi connectivity index (χ3v) is 3.70. The van der Waals surface area contributed by atoms with Gasteiger partial charge < -0.3 is 19.9 Å². The number of imide groups is 1. The third-order valence-electron chi connectivity index (χ3n) is 3.70. The van der Waals surface area contributed by atoms with Gasteiger partial charge in [0.15, 0.2) is 6.61 Å². The van der Waals surface area contributed by atoms with Crippen LogP contribution in [0.5, 0.6) is 11.5 Å². The molecule has 0 unspecified atom stereocenters. The minimum absolute atomic E-state index is 0.144. The molecular weight excluding hydrogens is 393 g/mol. The molecule has 0 fully saturated rings. The van der Waals surface area contributed by atoms with Crippen molar-refractivity contribution in [2.24, 2.45) is 0 Å². The number of aliphatic hydroxyl groups excluding tert-OH is 1. The Labute approximate surface area is 164 Å². The summed E-state index contributed by atoms with van der Waals surface area (Å²) in [5, 5.41) is 13.5. The Morgan fingerprint density at radius 2 is 1.86 bits per heavy atom. The van der Waals surface area contributed by atoms with Gasteiger partial charge in [-0.3, -0.25) is 10.1 Å². The number of nitrogens with one attached hydrogen (secondary N) is 2. The number of methoxy groups -OCH3 is 1. The van der Waals surface area contributed by atoms with Crippen LogP contribution < -0.4 is 20.1 Å². The van der Waals surface area contributed by atoms with E-state index in [1.807, 2.05) is 5.32 Å². The van der Waals surface area contributed by atoms with Gasteiger partial charge in [0.05, 0.1) is 25.0 Å². The molecule has 2 aromatic rings. The van der Waals surface area contributed by atoms with Crippen molar-refractivity contribution in [3.8, 4) is 11.5 Å². The van der Waals surface area contributed by atoms with E-state index in [4.69, 9.17) is 14.6 Å².